The zero-order valence-electron chi connectivity index (χ0n) is 10.5. The van der Waals surface area contributed by atoms with Crippen LogP contribution in [0, 0.1) is 13.8 Å². The minimum Gasteiger partial charge on any atom is -0.308 e. The SMILES string of the molecule is Cc1cc(C)nc(SCc2ccc(NN)nc2)c1. The maximum Gasteiger partial charge on any atom is 0.139 e. The number of nitrogens with zero attached hydrogens (tertiary/aromatic N) is 2. The summed E-state index contributed by atoms with van der Waals surface area (Å²) in [4.78, 5) is 8.67. The molecule has 0 aliphatic heterocycles. The molecule has 0 amide bonds. The van der Waals surface area contributed by atoms with E-state index < -0.39 is 0 Å². The molecule has 2 heterocycles. The number of nitrogens with one attached hydrogen (secondary N) is 1. The minimum atomic E-state index is 0.674. The highest BCUT2D eigenvalue weighted by Gasteiger charge is 2.00. The molecule has 0 radical (unpaired) electrons. The molecule has 5 heteroatoms. The fraction of sp³-hybridized carbons (Fsp3) is 0.231. The van der Waals surface area contributed by atoms with Crippen molar-refractivity contribution >= 4 is 17.6 Å². The first-order valence-corrected chi connectivity index (χ1v) is 6.65. The highest BCUT2D eigenvalue weighted by atomic mass is 32.2. The summed E-state index contributed by atoms with van der Waals surface area (Å²) in [6.07, 6.45) is 1.82. The van der Waals surface area contributed by atoms with Crippen LogP contribution in [0.1, 0.15) is 16.8 Å². The van der Waals surface area contributed by atoms with Crippen molar-refractivity contribution in [1.29, 1.82) is 0 Å². The fourth-order valence-corrected chi connectivity index (χ4v) is 2.59. The van der Waals surface area contributed by atoms with Crippen molar-refractivity contribution in [2.45, 2.75) is 24.6 Å². The molecule has 0 fully saturated rings. The zero-order valence-corrected chi connectivity index (χ0v) is 11.3. The molecule has 0 aromatic carbocycles. The normalized spacial score (nSPS) is 10.4. The van der Waals surface area contributed by atoms with Crippen LogP contribution in [0.25, 0.3) is 0 Å². The highest BCUT2D eigenvalue weighted by Crippen LogP contribution is 2.22. The number of aryl methyl sites for hydroxylation is 2. The molecule has 3 N–H and O–H groups in total. The van der Waals surface area contributed by atoms with Gasteiger partial charge in [-0.15, -0.1) is 11.8 Å². The lowest BCUT2D eigenvalue weighted by atomic mass is 10.3. The van der Waals surface area contributed by atoms with E-state index in [1.165, 1.54) is 5.56 Å². The second-order valence-corrected chi connectivity index (χ2v) is 5.10. The number of thioether (sulfide) groups is 1. The Balaban J connectivity index is 2.01. The molecule has 0 aliphatic rings. The minimum absolute atomic E-state index is 0.674. The van der Waals surface area contributed by atoms with Crippen molar-refractivity contribution in [2.75, 3.05) is 5.43 Å². The molecule has 0 saturated heterocycles. The van der Waals surface area contributed by atoms with Crippen LogP contribution in [-0.4, -0.2) is 9.97 Å². The van der Waals surface area contributed by atoms with E-state index in [1.54, 1.807) is 11.8 Å². The van der Waals surface area contributed by atoms with Crippen molar-refractivity contribution in [1.82, 2.24) is 9.97 Å². The van der Waals surface area contributed by atoms with Crippen LogP contribution in [0.5, 0.6) is 0 Å². The number of hydrogen-bond donors (Lipinski definition) is 2. The monoisotopic (exact) mass is 260 g/mol. The first-order chi connectivity index (χ1) is 8.67. The summed E-state index contributed by atoms with van der Waals surface area (Å²) in [5.74, 6) is 6.80. The van der Waals surface area contributed by atoms with Gasteiger partial charge in [-0.25, -0.2) is 15.8 Å². The summed E-state index contributed by atoms with van der Waals surface area (Å²) >= 11 is 1.71. The van der Waals surface area contributed by atoms with Crippen molar-refractivity contribution in [3.63, 3.8) is 0 Å². The first kappa shape index (κ1) is 12.9. The van der Waals surface area contributed by atoms with Gasteiger partial charge in [-0.2, -0.15) is 0 Å². The van der Waals surface area contributed by atoms with Gasteiger partial charge in [0.15, 0.2) is 0 Å². The number of nitrogen functional groups attached to an aromatic ring is 1. The molecule has 4 nitrogen and oxygen atoms in total. The smallest absolute Gasteiger partial charge is 0.139 e. The van der Waals surface area contributed by atoms with E-state index in [0.717, 1.165) is 22.0 Å². The topological polar surface area (TPSA) is 63.8 Å². The van der Waals surface area contributed by atoms with Crippen LogP contribution >= 0.6 is 11.8 Å². The lowest BCUT2D eigenvalue weighted by molar-refractivity contribution is 1.05. The number of aromatic nitrogens is 2. The molecule has 18 heavy (non-hydrogen) atoms. The Bertz CT molecular complexity index is 505. The molecule has 2 aromatic heterocycles. The zero-order chi connectivity index (χ0) is 13.0. The van der Waals surface area contributed by atoms with Gasteiger partial charge in [0.2, 0.25) is 0 Å². The van der Waals surface area contributed by atoms with E-state index in [4.69, 9.17) is 5.84 Å². The van der Waals surface area contributed by atoms with Gasteiger partial charge in [0, 0.05) is 17.6 Å². The van der Waals surface area contributed by atoms with Crippen LogP contribution in [0.4, 0.5) is 5.82 Å². The van der Waals surface area contributed by atoms with Gasteiger partial charge in [-0.1, -0.05) is 6.07 Å². The predicted molar refractivity (Wildman–Crippen MR) is 75.3 cm³/mol. The Morgan fingerprint density at radius 3 is 2.72 bits per heavy atom. The summed E-state index contributed by atoms with van der Waals surface area (Å²) in [6, 6.07) is 8.05. The molecule has 0 saturated carbocycles. The Hall–Kier alpha value is -1.59. The third-order valence-electron chi connectivity index (χ3n) is 2.43. The van der Waals surface area contributed by atoms with Gasteiger partial charge in [-0.05, 0) is 43.2 Å². The Kier molecular flexibility index (Phi) is 4.17. The molecule has 94 valence electrons. The molecular weight excluding hydrogens is 244 g/mol. The number of pyridine rings is 2. The van der Waals surface area contributed by atoms with Crippen molar-refractivity contribution in [2.24, 2.45) is 5.84 Å². The summed E-state index contributed by atoms with van der Waals surface area (Å²) in [5.41, 5.74) is 5.96. The molecule has 0 bridgehead atoms. The predicted octanol–water partition coefficient (Wildman–Crippen LogP) is 2.67. The number of anilines is 1. The van der Waals surface area contributed by atoms with Crippen LogP contribution in [-0.2, 0) is 5.75 Å². The van der Waals surface area contributed by atoms with Gasteiger partial charge < -0.3 is 5.43 Å². The summed E-state index contributed by atoms with van der Waals surface area (Å²) in [7, 11) is 0. The molecular formula is C13H16N4S. The summed E-state index contributed by atoms with van der Waals surface area (Å²) < 4.78 is 0. The highest BCUT2D eigenvalue weighted by molar-refractivity contribution is 7.98. The van der Waals surface area contributed by atoms with E-state index in [9.17, 15) is 0 Å². The second kappa shape index (κ2) is 5.84. The van der Waals surface area contributed by atoms with Gasteiger partial charge in [0.1, 0.15) is 5.82 Å². The molecule has 0 spiro atoms. The van der Waals surface area contributed by atoms with E-state index in [1.807, 2.05) is 25.3 Å². The van der Waals surface area contributed by atoms with Crippen molar-refractivity contribution in [3.8, 4) is 0 Å². The van der Waals surface area contributed by atoms with Crippen LogP contribution in [0.3, 0.4) is 0 Å². The standard InChI is InChI=1S/C13H16N4S/c1-9-5-10(2)16-13(6-9)18-8-11-3-4-12(17-14)15-7-11/h3-7H,8,14H2,1-2H3,(H,15,17). The van der Waals surface area contributed by atoms with Gasteiger partial charge >= 0.3 is 0 Å². The Labute approximate surface area is 111 Å². The van der Waals surface area contributed by atoms with Crippen LogP contribution in [0.15, 0.2) is 35.5 Å². The molecule has 2 rings (SSSR count). The van der Waals surface area contributed by atoms with E-state index in [2.05, 4.69) is 34.5 Å². The first-order valence-electron chi connectivity index (χ1n) is 5.67. The Morgan fingerprint density at radius 1 is 1.28 bits per heavy atom. The number of rotatable bonds is 4. The lowest BCUT2D eigenvalue weighted by Crippen LogP contribution is -2.08. The Morgan fingerprint density at radius 2 is 2.11 bits per heavy atom. The van der Waals surface area contributed by atoms with Gasteiger partial charge in [-0.3, -0.25) is 0 Å². The summed E-state index contributed by atoms with van der Waals surface area (Å²) in [5, 5.41) is 1.05. The average Bonchev–Trinajstić information content (AvgIpc) is 2.36. The van der Waals surface area contributed by atoms with Crippen molar-refractivity contribution in [3.05, 3.63) is 47.3 Å². The van der Waals surface area contributed by atoms with E-state index in [-0.39, 0.29) is 0 Å². The number of hydrazine groups is 1. The average molecular weight is 260 g/mol. The second-order valence-electron chi connectivity index (χ2n) is 4.11. The van der Waals surface area contributed by atoms with Crippen molar-refractivity contribution < 1.29 is 0 Å². The maximum absolute atomic E-state index is 5.27. The molecule has 0 unspecified atom stereocenters. The fourth-order valence-electron chi connectivity index (χ4n) is 1.63. The maximum atomic E-state index is 5.27. The molecule has 0 aliphatic carbocycles. The number of hydrogen-bond acceptors (Lipinski definition) is 5. The summed E-state index contributed by atoms with van der Waals surface area (Å²) in [6.45, 7) is 4.10. The molecule has 0 atom stereocenters. The van der Waals surface area contributed by atoms with E-state index in [0.29, 0.717) is 5.82 Å². The number of nitrogens with two attached hydrogens (primary N) is 1. The third kappa shape index (κ3) is 3.45. The molecule has 2 aromatic rings. The van der Waals surface area contributed by atoms with E-state index >= 15 is 0 Å². The lowest BCUT2D eigenvalue weighted by Gasteiger charge is -2.04. The van der Waals surface area contributed by atoms with Gasteiger partial charge in [0.05, 0.1) is 5.03 Å². The van der Waals surface area contributed by atoms with Crippen LogP contribution < -0.4 is 11.3 Å². The third-order valence-corrected chi connectivity index (χ3v) is 3.42. The quantitative estimate of drug-likeness (QED) is 0.502. The largest absolute Gasteiger partial charge is 0.308 e. The van der Waals surface area contributed by atoms with Gasteiger partial charge in [0.25, 0.3) is 0 Å². The van der Waals surface area contributed by atoms with Crippen LogP contribution in [0.2, 0.25) is 0 Å².